The van der Waals surface area contributed by atoms with Crippen LogP contribution in [-0.2, 0) is 0 Å². The Balaban J connectivity index is 1.24. The number of carbonyl (C=O) groups excluding carboxylic acids is 2. The number of benzene rings is 1. The minimum atomic E-state index is -0.716. The van der Waals surface area contributed by atoms with Gasteiger partial charge in [0.25, 0.3) is 0 Å². The number of nitrogens with one attached hydrogen (secondary N) is 2. The molecule has 33 heavy (non-hydrogen) atoms. The Morgan fingerprint density at radius 2 is 1.85 bits per heavy atom. The minimum absolute atomic E-state index is 0.118. The molecule has 1 saturated heterocycles. The molecule has 1 aromatic carbocycles. The highest BCUT2D eigenvalue weighted by Crippen LogP contribution is 2.28. The fourth-order valence-corrected chi connectivity index (χ4v) is 3.89. The van der Waals surface area contributed by atoms with Gasteiger partial charge in [0.15, 0.2) is 0 Å². The molecule has 2 aromatic heterocycles. The van der Waals surface area contributed by atoms with Gasteiger partial charge in [0.2, 0.25) is 0 Å². The second-order valence-electron chi connectivity index (χ2n) is 9.02. The summed E-state index contributed by atoms with van der Waals surface area (Å²) in [6, 6.07) is 10.7. The largest absolute Gasteiger partial charge is 0.457 e. The molecular formula is C24H27N5O4. The van der Waals surface area contributed by atoms with Gasteiger partial charge in [-0.2, -0.15) is 0 Å². The Morgan fingerprint density at radius 3 is 2.61 bits per heavy atom. The number of anilines is 1. The first kappa shape index (κ1) is 21.3. The number of piperidine rings is 1. The van der Waals surface area contributed by atoms with Crippen LogP contribution in [0, 0.1) is 0 Å². The van der Waals surface area contributed by atoms with Crippen molar-refractivity contribution in [1.82, 2.24) is 19.8 Å². The summed E-state index contributed by atoms with van der Waals surface area (Å²) in [5.41, 5.74) is 0.0926. The quantitative estimate of drug-likeness (QED) is 0.559. The van der Waals surface area contributed by atoms with Gasteiger partial charge in [-0.1, -0.05) is 0 Å². The van der Waals surface area contributed by atoms with Crippen LogP contribution in [0.3, 0.4) is 0 Å². The van der Waals surface area contributed by atoms with E-state index < -0.39 is 5.60 Å². The first-order valence-electron chi connectivity index (χ1n) is 11.2. The first-order valence-corrected chi connectivity index (χ1v) is 11.2. The average molecular weight is 450 g/mol. The van der Waals surface area contributed by atoms with E-state index in [1.165, 1.54) is 0 Å². The lowest BCUT2D eigenvalue weighted by Crippen LogP contribution is -2.46. The van der Waals surface area contributed by atoms with Crippen LogP contribution in [0.1, 0.15) is 32.6 Å². The van der Waals surface area contributed by atoms with Crippen LogP contribution < -0.4 is 15.4 Å². The normalized spacial score (nSPS) is 17.6. The fourth-order valence-electron chi connectivity index (χ4n) is 3.89. The number of nitrogens with zero attached hydrogens (tertiary/aromatic N) is 3. The van der Waals surface area contributed by atoms with Gasteiger partial charge in [0, 0.05) is 43.0 Å². The molecule has 0 atom stereocenters. The highest BCUT2D eigenvalue weighted by molar-refractivity contribution is 5.92. The zero-order chi connectivity index (χ0) is 23.0. The van der Waals surface area contributed by atoms with Crippen molar-refractivity contribution in [3.63, 3.8) is 0 Å². The molecule has 3 heterocycles. The highest BCUT2D eigenvalue weighted by Gasteiger charge is 2.29. The Morgan fingerprint density at radius 1 is 1.09 bits per heavy atom. The average Bonchev–Trinajstić information content (AvgIpc) is 3.49. The van der Waals surface area contributed by atoms with Crippen LogP contribution in [0.15, 0.2) is 48.8 Å². The maximum Gasteiger partial charge on any atom is 0.326 e. The van der Waals surface area contributed by atoms with E-state index in [0.29, 0.717) is 49.3 Å². The van der Waals surface area contributed by atoms with E-state index in [1.54, 1.807) is 40.9 Å². The second-order valence-corrected chi connectivity index (χ2v) is 9.02. The number of urea groups is 1. The maximum absolute atomic E-state index is 12.5. The van der Waals surface area contributed by atoms with Crippen LogP contribution in [-0.4, -0.2) is 56.4 Å². The lowest BCUT2D eigenvalue weighted by molar-refractivity contribution is 0.00569. The molecule has 0 spiro atoms. The summed E-state index contributed by atoms with van der Waals surface area (Å²) in [6.45, 7) is 2.78. The highest BCUT2D eigenvalue weighted by atomic mass is 16.5. The molecule has 9 nitrogen and oxygen atoms in total. The van der Waals surface area contributed by atoms with Crippen molar-refractivity contribution in [2.45, 2.75) is 44.2 Å². The SMILES string of the molecule is CC1(O)CCN(C(=O)Nc2cc(Oc3ccc4c(ccn4C(=O)NC4CC4)c3)ccn2)CC1. The van der Waals surface area contributed by atoms with Crippen molar-refractivity contribution in [2.24, 2.45) is 0 Å². The predicted octanol–water partition coefficient (Wildman–Crippen LogP) is 3.93. The molecule has 0 bridgehead atoms. The number of carbonyl (C=O) groups is 2. The summed E-state index contributed by atoms with van der Waals surface area (Å²) in [5.74, 6) is 1.54. The summed E-state index contributed by atoms with van der Waals surface area (Å²) < 4.78 is 7.59. The molecule has 0 radical (unpaired) electrons. The molecule has 2 fully saturated rings. The molecule has 172 valence electrons. The van der Waals surface area contributed by atoms with Crippen LogP contribution in [0.2, 0.25) is 0 Å². The van der Waals surface area contributed by atoms with E-state index in [9.17, 15) is 14.7 Å². The van der Waals surface area contributed by atoms with E-state index in [2.05, 4.69) is 15.6 Å². The monoisotopic (exact) mass is 449 g/mol. The van der Waals surface area contributed by atoms with Gasteiger partial charge in [0.05, 0.1) is 11.1 Å². The number of fused-ring (bicyclic) bond motifs is 1. The summed E-state index contributed by atoms with van der Waals surface area (Å²) in [5, 5.41) is 16.7. The summed E-state index contributed by atoms with van der Waals surface area (Å²) in [6.07, 6.45) is 6.50. The fraction of sp³-hybridized carbons (Fsp3) is 0.375. The van der Waals surface area contributed by atoms with Crippen molar-refractivity contribution in [1.29, 1.82) is 0 Å². The molecule has 2 aliphatic rings. The number of hydrogen-bond donors (Lipinski definition) is 3. The lowest BCUT2D eigenvalue weighted by Gasteiger charge is -2.35. The summed E-state index contributed by atoms with van der Waals surface area (Å²) in [7, 11) is 0. The number of pyridine rings is 1. The Hall–Kier alpha value is -3.59. The number of aromatic nitrogens is 2. The topological polar surface area (TPSA) is 109 Å². The molecule has 5 rings (SSSR count). The van der Waals surface area contributed by atoms with Gasteiger partial charge in [0.1, 0.15) is 17.3 Å². The molecule has 1 saturated carbocycles. The molecule has 3 aromatic rings. The third-order valence-electron chi connectivity index (χ3n) is 6.12. The van der Waals surface area contributed by atoms with E-state index in [0.717, 1.165) is 23.7 Å². The standard InChI is InChI=1S/C24H27N5O4/c1-24(32)8-12-28(13-9-24)22(30)27-21-15-19(6-10-25-21)33-18-4-5-20-16(14-18)7-11-29(20)23(31)26-17-2-3-17/h4-7,10-11,14-15,17,32H,2-3,8-9,12-13H2,1H3,(H,26,31)(H,25,27,30). The molecule has 3 N–H and O–H groups in total. The lowest BCUT2D eigenvalue weighted by atomic mass is 9.94. The van der Waals surface area contributed by atoms with Crippen LogP contribution in [0.25, 0.3) is 10.9 Å². The Labute approximate surface area is 191 Å². The van der Waals surface area contributed by atoms with Crippen molar-refractivity contribution >= 4 is 28.8 Å². The molecular weight excluding hydrogens is 422 g/mol. The minimum Gasteiger partial charge on any atom is -0.457 e. The van der Waals surface area contributed by atoms with E-state index >= 15 is 0 Å². The van der Waals surface area contributed by atoms with Crippen molar-refractivity contribution in [3.05, 3.63) is 48.8 Å². The van der Waals surface area contributed by atoms with Crippen molar-refractivity contribution < 1.29 is 19.4 Å². The van der Waals surface area contributed by atoms with Gasteiger partial charge in [-0.15, -0.1) is 0 Å². The number of likely N-dealkylation sites (tertiary alicyclic amines) is 1. The van der Waals surface area contributed by atoms with Gasteiger partial charge in [-0.25, -0.2) is 14.6 Å². The zero-order valence-electron chi connectivity index (χ0n) is 18.5. The van der Waals surface area contributed by atoms with Crippen LogP contribution >= 0.6 is 0 Å². The molecule has 9 heteroatoms. The predicted molar refractivity (Wildman–Crippen MR) is 124 cm³/mol. The van der Waals surface area contributed by atoms with Gasteiger partial charge >= 0.3 is 12.1 Å². The summed E-state index contributed by atoms with van der Waals surface area (Å²) >= 11 is 0. The van der Waals surface area contributed by atoms with Crippen LogP contribution in [0.4, 0.5) is 15.4 Å². The third kappa shape index (κ3) is 4.93. The number of ether oxygens (including phenoxy) is 1. The summed E-state index contributed by atoms with van der Waals surface area (Å²) in [4.78, 5) is 30.8. The first-order chi connectivity index (χ1) is 15.9. The molecule has 1 aliphatic carbocycles. The molecule has 1 aliphatic heterocycles. The van der Waals surface area contributed by atoms with E-state index in [-0.39, 0.29) is 12.1 Å². The molecule has 3 amide bonds. The van der Waals surface area contributed by atoms with Crippen LogP contribution in [0.5, 0.6) is 11.5 Å². The van der Waals surface area contributed by atoms with Gasteiger partial charge in [-0.05, 0) is 62.9 Å². The molecule has 0 unspecified atom stereocenters. The number of rotatable bonds is 4. The van der Waals surface area contributed by atoms with Crippen molar-refractivity contribution in [2.75, 3.05) is 18.4 Å². The number of hydrogen-bond acceptors (Lipinski definition) is 5. The van der Waals surface area contributed by atoms with E-state index in [4.69, 9.17) is 4.74 Å². The second kappa shape index (κ2) is 8.40. The van der Waals surface area contributed by atoms with Gasteiger partial charge < -0.3 is 20.1 Å². The smallest absolute Gasteiger partial charge is 0.326 e. The zero-order valence-corrected chi connectivity index (χ0v) is 18.5. The van der Waals surface area contributed by atoms with Gasteiger partial charge in [-0.3, -0.25) is 9.88 Å². The van der Waals surface area contributed by atoms with Crippen molar-refractivity contribution in [3.8, 4) is 11.5 Å². The number of amides is 3. The maximum atomic E-state index is 12.5. The Kier molecular flexibility index (Phi) is 5.41. The third-order valence-corrected chi connectivity index (χ3v) is 6.12. The Bertz CT molecular complexity index is 1190. The van der Waals surface area contributed by atoms with E-state index in [1.807, 2.05) is 24.3 Å². The number of aliphatic hydroxyl groups is 1.